The first-order valence-corrected chi connectivity index (χ1v) is 5.30. The summed E-state index contributed by atoms with van der Waals surface area (Å²) in [6.45, 7) is 3.68. The van der Waals surface area contributed by atoms with E-state index in [0.717, 1.165) is 11.4 Å². The molecular weight excluding hydrogens is 232 g/mol. The van der Waals surface area contributed by atoms with E-state index in [1.165, 1.54) is 18.2 Å². The molecule has 92 valence electrons. The third kappa shape index (κ3) is 2.79. The van der Waals surface area contributed by atoms with E-state index in [1.807, 2.05) is 19.9 Å². The molecule has 0 bridgehead atoms. The lowest BCUT2D eigenvalue weighted by Crippen LogP contribution is -1.87. The lowest BCUT2D eigenvalue weighted by molar-refractivity contribution is 0.451. The Balaban J connectivity index is 2.29. The molecule has 0 amide bonds. The summed E-state index contributed by atoms with van der Waals surface area (Å²) in [6.07, 6.45) is 0. The summed E-state index contributed by atoms with van der Waals surface area (Å²) in [5.41, 5.74) is 1.84. The van der Waals surface area contributed by atoms with Gasteiger partial charge in [-0.1, -0.05) is 0 Å². The van der Waals surface area contributed by atoms with Crippen molar-refractivity contribution in [2.24, 2.45) is 10.2 Å². The van der Waals surface area contributed by atoms with Crippen molar-refractivity contribution < 1.29 is 10.2 Å². The molecule has 2 N–H and O–H groups in total. The summed E-state index contributed by atoms with van der Waals surface area (Å²) < 4.78 is 0. The summed E-state index contributed by atoms with van der Waals surface area (Å²) in [5, 5.41) is 26.4. The SMILES string of the molecule is Cc1cc(C)nc(N=Nc2ccc(O)cc2O)n1. The highest BCUT2D eigenvalue weighted by atomic mass is 16.3. The van der Waals surface area contributed by atoms with Gasteiger partial charge in [0.05, 0.1) is 0 Å². The number of hydrogen-bond donors (Lipinski definition) is 2. The van der Waals surface area contributed by atoms with Crippen molar-refractivity contribution in [1.29, 1.82) is 0 Å². The normalized spacial score (nSPS) is 11.0. The van der Waals surface area contributed by atoms with Crippen LogP contribution in [0.4, 0.5) is 11.6 Å². The Labute approximate surface area is 104 Å². The van der Waals surface area contributed by atoms with Gasteiger partial charge in [-0.05, 0) is 32.0 Å². The molecular formula is C12H12N4O2. The third-order valence-corrected chi connectivity index (χ3v) is 2.18. The van der Waals surface area contributed by atoms with E-state index >= 15 is 0 Å². The van der Waals surface area contributed by atoms with Gasteiger partial charge in [0, 0.05) is 17.5 Å². The minimum Gasteiger partial charge on any atom is -0.508 e. The first kappa shape index (κ1) is 12.0. The molecule has 2 rings (SSSR count). The standard InChI is InChI=1S/C12H12N4O2/c1-7-5-8(2)14-12(13-7)16-15-10-4-3-9(17)6-11(10)18/h3-6,17-18H,1-2H3. The average molecular weight is 244 g/mol. The smallest absolute Gasteiger partial charge is 0.269 e. The summed E-state index contributed by atoms with van der Waals surface area (Å²) in [4.78, 5) is 8.19. The Bertz CT molecular complexity index is 591. The van der Waals surface area contributed by atoms with Crippen LogP contribution in [-0.2, 0) is 0 Å². The second kappa shape index (κ2) is 4.79. The van der Waals surface area contributed by atoms with Crippen LogP contribution in [0.5, 0.6) is 11.5 Å². The number of aromatic nitrogens is 2. The van der Waals surface area contributed by atoms with Gasteiger partial charge in [-0.15, -0.1) is 10.2 Å². The van der Waals surface area contributed by atoms with E-state index in [4.69, 9.17) is 5.11 Å². The van der Waals surface area contributed by atoms with Crippen LogP contribution in [0.2, 0.25) is 0 Å². The van der Waals surface area contributed by atoms with Gasteiger partial charge in [0.1, 0.15) is 17.2 Å². The van der Waals surface area contributed by atoms with Gasteiger partial charge in [-0.3, -0.25) is 0 Å². The summed E-state index contributed by atoms with van der Waals surface area (Å²) in [5.74, 6) is 0.0530. The molecule has 18 heavy (non-hydrogen) atoms. The molecule has 0 radical (unpaired) electrons. The van der Waals surface area contributed by atoms with Gasteiger partial charge in [-0.25, -0.2) is 9.97 Å². The van der Waals surface area contributed by atoms with Crippen LogP contribution in [0.3, 0.4) is 0 Å². The van der Waals surface area contributed by atoms with Gasteiger partial charge in [0.25, 0.3) is 5.95 Å². The van der Waals surface area contributed by atoms with Crippen LogP contribution in [-0.4, -0.2) is 20.2 Å². The number of nitrogens with zero attached hydrogens (tertiary/aromatic N) is 4. The molecule has 0 atom stereocenters. The van der Waals surface area contributed by atoms with E-state index in [1.54, 1.807) is 0 Å². The fourth-order valence-corrected chi connectivity index (χ4v) is 1.45. The topological polar surface area (TPSA) is 91.0 Å². The molecule has 0 saturated heterocycles. The first-order chi connectivity index (χ1) is 8.54. The van der Waals surface area contributed by atoms with Crippen LogP contribution >= 0.6 is 0 Å². The maximum Gasteiger partial charge on any atom is 0.269 e. The number of azo groups is 1. The van der Waals surface area contributed by atoms with E-state index in [-0.39, 0.29) is 23.1 Å². The van der Waals surface area contributed by atoms with Gasteiger partial charge in [-0.2, -0.15) is 0 Å². The summed E-state index contributed by atoms with van der Waals surface area (Å²) >= 11 is 0. The van der Waals surface area contributed by atoms with Crippen molar-refractivity contribution in [1.82, 2.24) is 9.97 Å². The van der Waals surface area contributed by atoms with Gasteiger partial charge >= 0.3 is 0 Å². The van der Waals surface area contributed by atoms with Crippen molar-refractivity contribution in [2.45, 2.75) is 13.8 Å². The predicted octanol–water partition coefficient (Wildman–Crippen LogP) is 2.92. The zero-order valence-electron chi connectivity index (χ0n) is 9.99. The predicted molar refractivity (Wildman–Crippen MR) is 65.5 cm³/mol. The zero-order chi connectivity index (χ0) is 13.1. The monoisotopic (exact) mass is 244 g/mol. The molecule has 0 unspecified atom stereocenters. The minimum absolute atomic E-state index is 0.0332. The summed E-state index contributed by atoms with van der Waals surface area (Å²) in [6, 6.07) is 5.89. The van der Waals surface area contributed by atoms with Crippen molar-refractivity contribution in [3.63, 3.8) is 0 Å². The number of aryl methyl sites for hydroxylation is 2. The van der Waals surface area contributed by atoms with Gasteiger partial charge < -0.3 is 10.2 Å². The Morgan fingerprint density at radius 3 is 2.22 bits per heavy atom. The molecule has 6 heteroatoms. The Hall–Kier alpha value is -2.50. The van der Waals surface area contributed by atoms with Crippen LogP contribution in [0.25, 0.3) is 0 Å². The molecule has 0 fully saturated rings. The average Bonchev–Trinajstić information content (AvgIpc) is 2.26. The first-order valence-electron chi connectivity index (χ1n) is 5.30. The van der Waals surface area contributed by atoms with Gasteiger partial charge in [0.2, 0.25) is 0 Å². The second-order valence-electron chi connectivity index (χ2n) is 3.82. The third-order valence-electron chi connectivity index (χ3n) is 2.18. The minimum atomic E-state index is -0.150. The molecule has 0 aliphatic carbocycles. The Morgan fingerprint density at radius 1 is 0.944 bits per heavy atom. The molecule has 0 aliphatic rings. The second-order valence-corrected chi connectivity index (χ2v) is 3.82. The van der Waals surface area contributed by atoms with Crippen molar-refractivity contribution in [2.75, 3.05) is 0 Å². The Morgan fingerprint density at radius 2 is 1.61 bits per heavy atom. The van der Waals surface area contributed by atoms with Crippen LogP contribution in [0, 0.1) is 13.8 Å². The van der Waals surface area contributed by atoms with Gasteiger partial charge in [0.15, 0.2) is 0 Å². The van der Waals surface area contributed by atoms with Crippen LogP contribution < -0.4 is 0 Å². The highest BCUT2D eigenvalue weighted by Crippen LogP contribution is 2.30. The molecule has 0 saturated carbocycles. The lowest BCUT2D eigenvalue weighted by atomic mass is 10.3. The summed E-state index contributed by atoms with van der Waals surface area (Å²) in [7, 11) is 0. The molecule has 1 aromatic heterocycles. The Kier molecular flexibility index (Phi) is 3.18. The number of benzene rings is 1. The maximum absolute atomic E-state index is 9.52. The van der Waals surface area contributed by atoms with E-state index < -0.39 is 0 Å². The number of phenols is 2. The molecule has 1 heterocycles. The maximum atomic E-state index is 9.52. The molecule has 1 aromatic carbocycles. The highest BCUT2D eigenvalue weighted by Gasteiger charge is 2.02. The number of phenolic OH excluding ortho intramolecular Hbond substituents is 2. The fourth-order valence-electron chi connectivity index (χ4n) is 1.45. The molecule has 6 nitrogen and oxygen atoms in total. The van der Waals surface area contributed by atoms with Crippen LogP contribution in [0.15, 0.2) is 34.5 Å². The number of hydrogen-bond acceptors (Lipinski definition) is 6. The highest BCUT2D eigenvalue weighted by molar-refractivity contribution is 5.53. The molecule has 0 aliphatic heterocycles. The van der Waals surface area contributed by atoms with Crippen molar-refractivity contribution in [3.05, 3.63) is 35.7 Å². The largest absolute Gasteiger partial charge is 0.508 e. The lowest BCUT2D eigenvalue weighted by Gasteiger charge is -1.99. The molecule has 0 spiro atoms. The van der Waals surface area contributed by atoms with E-state index in [9.17, 15) is 5.11 Å². The fraction of sp³-hybridized carbons (Fsp3) is 0.167. The van der Waals surface area contributed by atoms with E-state index in [2.05, 4.69) is 20.2 Å². The van der Waals surface area contributed by atoms with E-state index in [0.29, 0.717) is 0 Å². The molecule has 2 aromatic rings. The quantitative estimate of drug-likeness (QED) is 0.794. The number of rotatable bonds is 2. The zero-order valence-corrected chi connectivity index (χ0v) is 9.99. The van der Waals surface area contributed by atoms with Crippen molar-refractivity contribution >= 4 is 11.6 Å². The van der Waals surface area contributed by atoms with Crippen LogP contribution in [0.1, 0.15) is 11.4 Å². The van der Waals surface area contributed by atoms with Crippen molar-refractivity contribution in [3.8, 4) is 11.5 Å². The number of aromatic hydroxyl groups is 2.